The number of rotatable bonds is 16. The molecule has 0 saturated heterocycles. The van der Waals surface area contributed by atoms with Crippen molar-refractivity contribution in [3.63, 3.8) is 0 Å². The van der Waals surface area contributed by atoms with Gasteiger partial charge in [-0.15, -0.1) is 0 Å². The Balaban J connectivity index is 3.26. The zero-order valence-corrected chi connectivity index (χ0v) is 15.5. The van der Waals surface area contributed by atoms with E-state index < -0.39 is 6.10 Å². The lowest BCUT2D eigenvalue weighted by atomic mass is 10.1. The first-order chi connectivity index (χ1) is 11.2. The lowest BCUT2D eigenvalue weighted by Gasteiger charge is -2.09. The molecule has 1 atom stereocenters. The molecule has 136 valence electrons. The first-order valence-corrected chi connectivity index (χ1v) is 9.83. The Labute approximate surface area is 143 Å². The summed E-state index contributed by atoms with van der Waals surface area (Å²) in [5.74, 6) is -0.231. The molecule has 0 aromatic heterocycles. The van der Waals surface area contributed by atoms with Gasteiger partial charge in [0.05, 0.1) is 0 Å². The standard InChI is InChI=1S/C20H39NO2/c1-3-5-6-7-8-9-10-11-12-13-14-15-16-17-18-19(22)20(23)21-4-2/h11-12,19,22H,3-10,13-18H2,1-2H3,(H,21,23)/b12-11-. The van der Waals surface area contributed by atoms with Gasteiger partial charge in [0, 0.05) is 6.54 Å². The largest absolute Gasteiger partial charge is 0.383 e. The van der Waals surface area contributed by atoms with Gasteiger partial charge in [-0.3, -0.25) is 4.79 Å². The summed E-state index contributed by atoms with van der Waals surface area (Å²) in [6.07, 6.45) is 19.4. The summed E-state index contributed by atoms with van der Waals surface area (Å²) in [6, 6.07) is 0. The Morgan fingerprint density at radius 3 is 1.96 bits per heavy atom. The highest BCUT2D eigenvalue weighted by Crippen LogP contribution is 2.10. The van der Waals surface area contributed by atoms with E-state index in [2.05, 4.69) is 24.4 Å². The zero-order chi connectivity index (χ0) is 17.2. The van der Waals surface area contributed by atoms with Gasteiger partial charge in [-0.05, 0) is 39.0 Å². The van der Waals surface area contributed by atoms with Gasteiger partial charge in [0.1, 0.15) is 6.10 Å². The number of unbranched alkanes of at least 4 members (excludes halogenated alkanes) is 10. The summed E-state index contributed by atoms with van der Waals surface area (Å²) in [4.78, 5) is 11.3. The van der Waals surface area contributed by atoms with Crippen molar-refractivity contribution in [1.82, 2.24) is 5.32 Å². The lowest BCUT2D eigenvalue weighted by Crippen LogP contribution is -2.34. The average molecular weight is 326 g/mol. The monoisotopic (exact) mass is 325 g/mol. The van der Waals surface area contributed by atoms with Crippen molar-refractivity contribution in [2.75, 3.05) is 6.54 Å². The molecular formula is C20H39NO2. The predicted molar refractivity (Wildman–Crippen MR) is 99.5 cm³/mol. The van der Waals surface area contributed by atoms with Crippen molar-refractivity contribution in [1.29, 1.82) is 0 Å². The van der Waals surface area contributed by atoms with Crippen LogP contribution in [0.15, 0.2) is 12.2 Å². The quantitative estimate of drug-likeness (QED) is 0.305. The van der Waals surface area contributed by atoms with Crippen LogP contribution >= 0.6 is 0 Å². The Bertz CT molecular complexity index is 289. The first kappa shape index (κ1) is 22.2. The fraction of sp³-hybridized carbons (Fsp3) is 0.850. The van der Waals surface area contributed by atoms with Crippen LogP contribution < -0.4 is 5.32 Å². The molecule has 0 aliphatic rings. The van der Waals surface area contributed by atoms with Gasteiger partial charge in [0.2, 0.25) is 5.91 Å². The smallest absolute Gasteiger partial charge is 0.248 e. The van der Waals surface area contributed by atoms with Crippen LogP contribution in [0.25, 0.3) is 0 Å². The van der Waals surface area contributed by atoms with Crippen molar-refractivity contribution < 1.29 is 9.90 Å². The van der Waals surface area contributed by atoms with E-state index in [0.29, 0.717) is 13.0 Å². The number of amides is 1. The van der Waals surface area contributed by atoms with E-state index in [1.807, 2.05) is 6.92 Å². The van der Waals surface area contributed by atoms with E-state index >= 15 is 0 Å². The summed E-state index contributed by atoms with van der Waals surface area (Å²) in [7, 11) is 0. The number of allylic oxidation sites excluding steroid dienone is 2. The summed E-state index contributed by atoms with van der Waals surface area (Å²) in [5, 5.41) is 12.3. The molecule has 1 unspecified atom stereocenters. The number of aliphatic hydroxyl groups is 1. The van der Waals surface area contributed by atoms with Crippen LogP contribution in [0.4, 0.5) is 0 Å². The maximum atomic E-state index is 11.3. The van der Waals surface area contributed by atoms with Gasteiger partial charge in [-0.25, -0.2) is 0 Å². The molecule has 0 saturated carbocycles. The Morgan fingerprint density at radius 1 is 0.870 bits per heavy atom. The van der Waals surface area contributed by atoms with Gasteiger partial charge < -0.3 is 10.4 Å². The molecule has 0 bridgehead atoms. The van der Waals surface area contributed by atoms with Crippen LogP contribution in [0.5, 0.6) is 0 Å². The molecule has 3 heteroatoms. The third-order valence-corrected chi connectivity index (χ3v) is 4.14. The topological polar surface area (TPSA) is 49.3 Å². The Hall–Kier alpha value is -0.830. The normalized spacial score (nSPS) is 12.7. The molecule has 1 amide bonds. The van der Waals surface area contributed by atoms with E-state index in [-0.39, 0.29) is 5.91 Å². The second kappa shape index (κ2) is 17.5. The molecule has 0 radical (unpaired) electrons. The van der Waals surface area contributed by atoms with Gasteiger partial charge >= 0.3 is 0 Å². The second-order valence-electron chi connectivity index (χ2n) is 6.43. The fourth-order valence-corrected chi connectivity index (χ4v) is 2.65. The van der Waals surface area contributed by atoms with Crippen LogP contribution in [-0.2, 0) is 4.79 Å². The van der Waals surface area contributed by atoms with E-state index in [1.165, 1.54) is 57.8 Å². The van der Waals surface area contributed by atoms with Crippen molar-refractivity contribution in [2.45, 2.75) is 103 Å². The summed E-state index contributed by atoms with van der Waals surface area (Å²) < 4.78 is 0. The van der Waals surface area contributed by atoms with Crippen LogP contribution in [0.1, 0.15) is 97.3 Å². The zero-order valence-electron chi connectivity index (χ0n) is 15.5. The number of aliphatic hydroxyl groups excluding tert-OH is 1. The minimum Gasteiger partial charge on any atom is -0.383 e. The summed E-state index contributed by atoms with van der Waals surface area (Å²) in [6.45, 7) is 4.71. The van der Waals surface area contributed by atoms with Gasteiger partial charge in [0.25, 0.3) is 0 Å². The SMILES string of the molecule is CCCCCCCC/C=C\CCCCCCC(O)C(=O)NCC. The molecule has 0 aliphatic heterocycles. The number of carbonyl (C=O) groups is 1. The average Bonchev–Trinajstić information content (AvgIpc) is 2.55. The molecule has 3 nitrogen and oxygen atoms in total. The molecule has 0 aliphatic carbocycles. The minimum absolute atomic E-state index is 0.231. The predicted octanol–water partition coefficient (Wildman–Crippen LogP) is 5.13. The number of hydrogen-bond donors (Lipinski definition) is 2. The third-order valence-electron chi connectivity index (χ3n) is 4.14. The van der Waals surface area contributed by atoms with Gasteiger partial charge in [-0.1, -0.05) is 70.4 Å². The number of carbonyl (C=O) groups excluding carboxylic acids is 1. The molecule has 0 spiro atoms. The number of likely N-dealkylation sites (N-methyl/N-ethyl adjacent to an activating group) is 1. The lowest BCUT2D eigenvalue weighted by molar-refractivity contribution is -0.129. The van der Waals surface area contributed by atoms with E-state index in [1.54, 1.807) is 0 Å². The van der Waals surface area contributed by atoms with E-state index in [0.717, 1.165) is 19.3 Å². The molecule has 2 N–H and O–H groups in total. The maximum Gasteiger partial charge on any atom is 0.248 e. The van der Waals surface area contributed by atoms with Crippen molar-refractivity contribution >= 4 is 5.91 Å². The van der Waals surface area contributed by atoms with Gasteiger partial charge in [0.15, 0.2) is 0 Å². The highest BCUT2D eigenvalue weighted by molar-refractivity contribution is 5.80. The fourth-order valence-electron chi connectivity index (χ4n) is 2.65. The molecule has 0 fully saturated rings. The van der Waals surface area contributed by atoms with Crippen LogP contribution in [-0.4, -0.2) is 23.7 Å². The highest BCUT2D eigenvalue weighted by atomic mass is 16.3. The second-order valence-corrected chi connectivity index (χ2v) is 6.43. The third kappa shape index (κ3) is 15.8. The van der Waals surface area contributed by atoms with Crippen molar-refractivity contribution in [3.8, 4) is 0 Å². The van der Waals surface area contributed by atoms with Crippen LogP contribution in [0.2, 0.25) is 0 Å². The molecule has 0 heterocycles. The van der Waals surface area contributed by atoms with Crippen molar-refractivity contribution in [3.05, 3.63) is 12.2 Å². The van der Waals surface area contributed by atoms with E-state index in [9.17, 15) is 9.90 Å². The summed E-state index contributed by atoms with van der Waals surface area (Å²) in [5.41, 5.74) is 0. The molecule has 0 rings (SSSR count). The Morgan fingerprint density at radius 2 is 1.39 bits per heavy atom. The number of hydrogen-bond acceptors (Lipinski definition) is 2. The molecule has 0 aromatic carbocycles. The van der Waals surface area contributed by atoms with Crippen molar-refractivity contribution in [2.24, 2.45) is 0 Å². The number of nitrogens with one attached hydrogen (secondary N) is 1. The van der Waals surface area contributed by atoms with Crippen LogP contribution in [0, 0.1) is 0 Å². The highest BCUT2D eigenvalue weighted by Gasteiger charge is 2.12. The van der Waals surface area contributed by atoms with Crippen LogP contribution in [0.3, 0.4) is 0 Å². The first-order valence-electron chi connectivity index (χ1n) is 9.83. The summed E-state index contributed by atoms with van der Waals surface area (Å²) >= 11 is 0. The maximum absolute atomic E-state index is 11.3. The minimum atomic E-state index is -0.827. The molecule has 0 aromatic rings. The Kier molecular flexibility index (Phi) is 16.9. The van der Waals surface area contributed by atoms with E-state index in [4.69, 9.17) is 0 Å². The molecule has 23 heavy (non-hydrogen) atoms. The molecular weight excluding hydrogens is 286 g/mol. The van der Waals surface area contributed by atoms with Gasteiger partial charge in [-0.2, -0.15) is 0 Å².